The van der Waals surface area contributed by atoms with E-state index in [0.29, 0.717) is 15.4 Å². The van der Waals surface area contributed by atoms with Gasteiger partial charge in [-0.15, -0.1) is 0 Å². The number of nitrogens with one attached hydrogen (secondary N) is 1. The third-order valence-electron chi connectivity index (χ3n) is 2.67. The Morgan fingerprint density at radius 1 is 1.10 bits per heavy atom. The monoisotopic (exact) mass is 394 g/mol. The van der Waals surface area contributed by atoms with Crippen LogP contribution in [0.2, 0.25) is 0 Å². The van der Waals surface area contributed by atoms with Crippen LogP contribution in [0.4, 0.5) is 11.7 Å². The molecule has 3 aromatic rings. The minimum absolute atomic E-state index is 0.164. The molecule has 3 rings (SSSR count). The summed E-state index contributed by atoms with van der Waals surface area (Å²) in [6, 6.07) is 13.1. The van der Waals surface area contributed by atoms with E-state index in [1.807, 2.05) is 36.4 Å². The summed E-state index contributed by atoms with van der Waals surface area (Å²) in [5, 5.41) is 3.39. The van der Waals surface area contributed by atoms with Crippen LogP contribution in [0.5, 0.6) is 0 Å². The van der Waals surface area contributed by atoms with Gasteiger partial charge in [-0.05, 0) is 40.2 Å². The van der Waals surface area contributed by atoms with Crippen LogP contribution in [0.1, 0.15) is 0 Å². The summed E-state index contributed by atoms with van der Waals surface area (Å²) >= 11 is 6.72. The van der Waals surface area contributed by atoms with E-state index in [9.17, 15) is 4.79 Å². The SMILES string of the molecule is O=c1nc(Nc2ccccc2)oc2c(Br)cc(Br)cc12. The maximum atomic E-state index is 12.0. The van der Waals surface area contributed by atoms with Crippen LogP contribution in [0, 0.1) is 0 Å². The minimum Gasteiger partial charge on any atom is -0.423 e. The van der Waals surface area contributed by atoms with Gasteiger partial charge in [-0.25, -0.2) is 0 Å². The Bertz CT molecular complexity index is 832. The highest BCUT2D eigenvalue weighted by Crippen LogP contribution is 2.28. The van der Waals surface area contributed by atoms with E-state index in [4.69, 9.17) is 4.42 Å². The largest absolute Gasteiger partial charge is 0.423 e. The molecule has 0 aliphatic heterocycles. The topological polar surface area (TPSA) is 55.1 Å². The van der Waals surface area contributed by atoms with E-state index in [2.05, 4.69) is 42.2 Å². The van der Waals surface area contributed by atoms with Crippen molar-refractivity contribution in [2.75, 3.05) is 5.32 Å². The molecule has 1 aromatic heterocycles. The first kappa shape index (κ1) is 13.3. The van der Waals surface area contributed by atoms with Gasteiger partial charge >= 0.3 is 6.01 Å². The molecule has 0 fully saturated rings. The summed E-state index contributed by atoms with van der Waals surface area (Å²) in [4.78, 5) is 15.9. The third-order valence-corrected chi connectivity index (χ3v) is 3.71. The quantitative estimate of drug-likeness (QED) is 0.696. The van der Waals surface area contributed by atoms with E-state index < -0.39 is 0 Å². The van der Waals surface area contributed by atoms with Crippen LogP contribution in [0.25, 0.3) is 11.0 Å². The molecule has 20 heavy (non-hydrogen) atoms. The van der Waals surface area contributed by atoms with Crippen molar-refractivity contribution in [2.45, 2.75) is 0 Å². The van der Waals surface area contributed by atoms with Gasteiger partial charge in [0, 0.05) is 10.2 Å². The summed E-state index contributed by atoms with van der Waals surface area (Å²) in [6.45, 7) is 0. The maximum Gasteiger partial charge on any atom is 0.303 e. The molecule has 0 aliphatic rings. The normalized spacial score (nSPS) is 10.7. The molecule has 4 nitrogen and oxygen atoms in total. The molecule has 0 saturated carbocycles. The fraction of sp³-hybridized carbons (Fsp3) is 0. The highest BCUT2D eigenvalue weighted by atomic mass is 79.9. The second kappa shape index (κ2) is 5.38. The average molecular weight is 396 g/mol. The van der Waals surface area contributed by atoms with E-state index in [-0.39, 0.29) is 11.6 Å². The van der Waals surface area contributed by atoms with Crippen molar-refractivity contribution in [1.82, 2.24) is 4.98 Å². The van der Waals surface area contributed by atoms with Crippen molar-refractivity contribution in [2.24, 2.45) is 0 Å². The molecule has 0 spiro atoms. The van der Waals surface area contributed by atoms with Gasteiger partial charge < -0.3 is 9.73 Å². The molecule has 0 radical (unpaired) electrons. The molecule has 0 amide bonds. The number of halogens is 2. The fourth-order valence-electron chi connectivity index (χ4n) is 1.79. The van der Waals surface area contributed by atoms with Crippen LogP contribution in [-0.4, -0.2) is 4.98 Å². The molecule has 0 atom stereocenters. The lowest BCUT2D eigenvalue weighted by atomic mass is 10.2. The molecular formula is C14H8Br2N2O2. The Labute approximate surface area is 131 Å². The Morgan fingerprint density at radius 3 is 2.60 bits per heavy atom. The van der Waals surface area contributed by atoms with Crippen LogP contribution in [0.3, 0.4) is 0 Å². The van der Waals surface area contributed by atoms with Crippen LogP contribution in [0.15, 0.2) is 60.6 Å². The molecule has 1 heterocycles. The van der Waals surface area contributed by atoms with Crippen LogP contribution in [-0.2, 0) is 0 Å². The molecule has 0 bridgehead atoms. The average Bonchev–Trinajstić information content (AvgIpc) is 2.41. The third kappa shape index (κ3) is 2.62. The van der Waals surface area contributed by atoms with Gasteiger partial charge in [-0.2, -0.15) is 4.98 Å². The minimum atomic E-state index is -0.341. The van der Waals surface area contributed by atoms with Gasteiger partial charge in [-0.1, -0.05) is 34.1 Å². The summed E-state index contributed by atoms with van der Waals surface area (Å²) < 4.78 is 7.12. The first-order valence-corrected chi connectivity index (χ1v) is 7.34. The number of rotatable bonds is 2. The zero-order valence-corrected chi connectivity index (χ0v) is 13.2. The summed E-state index contributed by atoms with van der Waals surface area (Å²) in [6.07, 6.45) is 0. The van der Waals surface area contributed by atoms with Crippen LogP contribution >= 0.6 is 31.9 Å². The molecule has 2 aromatic carbocycles. The Hall–Kier alpha value is -1.66. The summed E-state index contributed by atoms with van der Waals surface area (Å²) in [7, 11) is 0. The number of benzene rings is 2. The predicted octanol–water partition coefficient (Wildman–Crippen LogP) is 4.46. The standard InChI is InChI=1S/C14H8Br2N2O2/c15-8-6-10-12(11(16)7-8)20-14(18-13(10)19)17-9-4-2-1-3-5-9/h1-7H,(H,17,18,19). The molecule has 6 heteroatoms. The first-order chi connectivity index (χ1) is 9.63. The van der Waals surface area contributed by atoms with Gasteiger partial charge in [0.25, 0.3) is 5.56 Å². The van der Waals surface area contributed by atoms with Crippen molar-refractivity contribution in [1.29, 1.82) is 0 Å². The number of hydrogen-bond acceptors (Lipinski definition) is 4. The number of aromatic nitrogens is 1. The lowest BCUT2D eigenvalue weighted by molar-refractivity contribution is 0.597. The number of anilines is 2. The van der Waals surface area contributed by atoms with Gasteiger partial charge in [0.2, 0.25) is 0 Å². The maximum absolute atomic E-state index is 12.0. The zero-order chi connectivity index (χ0) is 14.1. The smallest absolute Gasteiger partial charge is 0.303 e. The van der Waals surface area contributed by atoms with Gasteiger partial charge in [0.05, 0.1) is 9.86 Å². The molecular weight excluding hydrogens is 388 g/mol. The summed E-state index contributed by atoms with van der Waals surface area (Å²) in [5.41, 5.74) is 0.925. The summed E-state index contributed by atoms with van der Waals surface area (Å²) in [5.74, 6) is 0. The highest BCUT2D eigenvalue weighted by Gasteiger charge is 2.10. The van der Waals surface area contributed by atoms with Crippen molar-refractivity contribution in [3.8, 4) is 0 Å². The van der Waals surface area contributed by atoms with Crippen molar-refractivity contribution in [3.05, 3.63) is 61.8 Å². The second-order valence-corrected chi connectivity index (χ2v) is 5.85. The highest BCUT2D eigenvalue weighted by molar-refractivity contribution is 9.11. The van der Waals surface area contributed by atoms with Crippen LogP contribution < -0.4 is 10.9 Å². The van der Waals surface area contributed by atoms with E-state index in [1.54, 1.807) is 6.07 Å². The molecule has 0 saturated heterocycles. The predicted molar refractivity (Wildman–Crippen MR) is 85.4 cm³/mol. The Morgan fingerprint density at radius 2 is 1.85 bits per heavy atom. The molecule has 0 unspecified atom stereocenters. The van der Waals surface area contributed by atoms with E-state index >= 15 is 0 Å². The van der Waals surface area contributed by atoms with Crippen molar-refractivity contribution in [3.63, 3.8) is 0 Å². The van der Waals surface area contributed by atoms with Gasteiger partial charge in [0.15, 0.2) is 5.58 Å². The van der Waals surface area contributed by atoms with E-state index in [1.165, 1.54) is 0 Å². The number of fused-ring (bicyclic) bond motifs is 1. The lowest BCUT2D eigenvalue weighted by Gasteiger charge is -2.06. The fourth-order valence-corrected chi connectivity index (χ4v) is 3.10. The zero-order valence-electron chi connectivity index (χ0n) is 10.1. The van der Waals surface area contributed by atoms with Crippen molar-refractivity contribution < 1.29 is 4.42 Å². The Kier molecular flexibility index (Phi) is 3.58. The van der Waals surface area contributed by atoms with Gasteiger partial charge in [0.1, 0.15) is 0 Å². The number of nitrogens with zero attached hydrogens (tertiary/aromatic N) is 1. The molecule has 0 aliphatic carbocycles. The second-order valence-electron chi connectivity index (χ2n) is 4.08. The lowest BCUT2D eigenvalue weighted by Crippen LogP contribution is -2.09. The first-order valence-electron chi connectivity index (χ1n) is 5.75. The number of hydrogen-bond donors (Lipinski definition) is 1. The van der Waals surface area contributed by atoms with E-state index in [0.717, 1.165) is 10.2 Å². The number of para-hydroxylation sites is 1. The van der Waals surface area contributed by atoms with Crippen molar-refractivity contribution >= 4 is 54.5 Å². The Balaban J connectivity index is 2.13. The van der Waals surface area contributed by atoms with Gasteiger partial charge in [-0.3, -0.25) is 4.79 Å². The molecule has 1 N–H and O–H groups in total. The molecule has 100 valence electrons.